The molecule has 1 heterocycles. The minimum Gasteiger partial charge on any atom is -0.489 e. The summed E-state index contributed by atoms with van der Waals surface area (Å²) in [5, 5.41) is 9.54. The molecule has 3 aromatic rings. The first-order valence-electron chi connectivity index (χ1n) is 14.0. The van der Waals surface area contributed by atoms with Gasteiger partial charge in [0.1, 0.15) is 24.0 Å². The van der Waals surface area contributed by atoms with Gasteiger partial charge in [-0.05, 0) is 83.9 Å². The first kappa shape index (κ1) is 28.1. The van der Waals surface area contributed by atoms with Crippen molar-refractivity contribution in [3.63, 3.8) is 0 Å². The summed E-state index contributed by atoms with van der Waals surface area (Å²) in [5.74, 6) is -0.554. The molecule has 212 valence electrons. The van der Waals surface area contributed by atoms with E-state index < -0.39 is 23.0 Å². The molecule has 0 amide bonds. The average molecular weight is 550 g/mol. The number of pyridine rings is 1. The van der Waals surface area contributed by atoms with Crippen LogP contribution in [0.25, 0.3) is 11.1 Å². The van der Waals surface area contributed by atoms with Crippen LogP contribution in [0.3, 0.4) is 0 Å². The minimum absolute atomic E-state index is 0.00304. The quantitative estimate of drug-likeness (QED) is 0.277. The molecule has 5 nitrogen and oxygen atoms in total. The summed E-state index contributed by atoms with van der Waals surface area (Å²) >= 11 is 0. The predicted molar refractivity (Wildman–Crippen MR) is 150 cm³/mol. The summed E-state index contributed by atoms with van der Waals surface area (Å²) in [7, 11) is 1.47. The Morgan fingerprint density at radius 1 is 1.10 bits per heavy atom. The van der Waals surface area contributed by atoms with Crippen LogP contribution >= 0.6 is 0 Å². The molecule has 40 heavy (non-hydrogen) atoms. The molecule has 2 aliphatic carbocycles. The first-order chi connectivity index (χ1) is 19.0. The summed E-state index contributed by atoms with van der Waals surface area (Å²) < 4.78 is 42.0. The number of ether oxygens (including phenoxy) is 2. The highest BCUT2D eigenvalue weighted by Crippen LogP contribution is 2.52. The van der Waals surface area contributed by atoms with Crippen LogP contribution in [0.4, 0.5) is 8.78 Å². The van der Waals surface area contributed by atoms with Gasteiger partial charge in [0.05, 0.1) is 19.7 Å². The zero-order chi connectivity index (χ0) is 28.7. The standard InChI is InChI=1S/C33H37F2NO4/c1-32(2)12-6-9-27(32)25-13-20(28(34)15-24(25)26-16-30(39-4)36-18-29(26)35)19-40-23-8-5-7-22(14-23)33(3,17-31(37)38)21-10-11-21/h5,7-8,13-16,18,21,27H,6,9-12,17,19H2,1-4H3,(H,37,38)/t27-,33+/m0/s1. The lowest BCUT2D eigenvalue weighted by atomic mass is 9.75. The number of nitrogens with zero attached hydrogens (tertiary/aromatic N) is 1. The molecule has 0 aliphatic heterocycles. The molecular weight excluding hydrogens is 512 g/mol. The van der Waals surface area contributed by atoms with Gasteiger partial charge >= 0.3 is 5.97 Å². The molecule has 2 fully saturated rings. The Bertz CT molecular complexity index is 1420. The molecule has 1 N–H and O–H groups in total. The largest absolute Gasteiger partial charge is 0.489 e. The minimum atomic E-state index is -0.825. The van der Waals surface area contributed by atoms with Crippen molar-refractivity contribution in [3.8, 4) is 22.8 Å². The lowest BCUT2D eigenvalue weighted by Gasteiger charge is -2.30. The Kier molecular flexibility index (Phi) is 7.60. The molecule has 0 spiro atoms. The number of carbonyl (C=O) groups is 1. The van der Waals surface area contributed by atoms with Crippen molar-refractivity contribution in [3.05, 3.63) is 77.0 Å². The molecule has 2 aromatic carbocycles. The number of carboxylic acid groups (broad SMARTS) is 1. The number of aliphatic carboxylic acids is 1. The van der Waals surface area contributed by atoms with Crippen LogP contribution in [0.15, 0.2) is 48.7 Å². The molecular formula is C33H37F2NO4. The average Bonchev–Trinajstić information content (AvgIpc) is 3.71. The summed E-state index contributed by atoms with van der Waals surface area (Å²) in [6.07, 6.45) is 6.19. The zero-order valence-electron chi connectivity index (χ0n) is 23.6. The van der Waals surface area contributed by atoms with Crippen LogP contribution in [0.1, 0.15) is 81.9 Å². The van der Waals surface area contributed by atoms with Gasteiger partial charge in [-0.15, -0.1) is 0 Å². The summed E-state index contributed by atoms with van der Waals surface area (Å²) in [6, 6.07) is 12.3. The van der Waals surface area contributed by atoms with Crippen molar-refractivity contribution in [1.82, 2.24) is 4.98 Å². The smallest absolute Gasteiger partial charge is 0.304 e. The third kappa shape index (κ3) is 5.56. The maximum Gasteiger partial charge on any atom is 0.304 e. The van der Waals surface area contributed by atoms with Gasteiger partial charge in [-0.2, -0.15) is 0 Å². The topological polar surface area (TPSA) is 68.7 Å². The van der Waals surface area contributed by atoms with E-state index in [9.17, 15) is 9.90 Å². The van der Waals surface area contributed by atoms with Crippen LogP contribution in [0, 0.1) is 23.0 Å². The Morgan fingerprint density at radius 3 is 2.52 bits per heavy atom. The van der Waals surface area contributed by atoms with Gasteiger partial charge in [-0.3, -0.25) is 4.79 Å². The highest BCUT2D eigenvalue weighted by atomic mass is 19.1. The number of rotatable bonds is 10. The van der Waals surface area contributed by atoms with Crippen LogP contribution in [0.5, 0.6) is 11.6 Å². The SMILES string of the molecule is COc1cc(-c2cc(F)c(COc3cccc([C@](C)(CC(=O)O)C4CC4)c3)cc2[C@@H]2CCCC2(C)C)c(F)cn1. The molecule has 0 unspecified atom stereocenters. The maximum atomic E-state index is 15.6. The maximum absolute atomic E-state index is 15.6. The van der Waals surface area contributed by atoms with Gasteiger partial charge in [0.25, 0.3) is 0 Å². The van der Waals surface area contributed by atoms with E-state index in [1.807, 2.05) is 37.3 Å². The number of carboxylic acids is 1. The van der Waals surface area contributed by atoms with Crippen molar-refractivity contribution < 1.29 is 28.2 Å². The third-order valence-electron chi connectivity index (χ3n) is 9.07. The lowest BCUT2D eigenvalue weighted by molar-refractivity contribution is -0.138. The third-order valence-corrected chi connectivity index (χ3v) is 9.07. The molecule has 2 atom stereocenters. The fourth-order valence-electron chi connectivity index (χ4n) is 6.53. The molecule has 7 heteroatoms. The molecule has 0 saturated heterocycles. The van der Waals surface area contributed by atoms with Crippen LogP contribution in [-0.2, 0) is 16.8 Å². The highest BCUT2D eigenvalue weighted by Gasteiger charge is 2.44. The van der Waals surface area contributed by atoms with Crippen molar-refractivity contribution in [2.75, 3.05) is 7.11 Å². The van der Waals surface area contributed by atoms with Crippen LogP contribution < -0.4 is 9.47 Å². The summed E-state index contributed by atoms with van der Waals surface area (Å²) in [4.78, 5) is 15.6. The Hall–Kier alpha value is -3.48. The molecule has 2 saturated carbocycles. The fourth-order valence-corrected chi connectivity index (χ4v) is 6.53. The molecule has 5 rings (SSSR count). The van der Waals surface area contributed by atoms with Gasteiger partial charge < -0.3 is 14.6 Å². The fraction of sp³-hybridized carbons (Fsp3) is 0.455. The molecule has 2 aliphatic rings. The van der Waals surface area contributed by atoms with E-state index in [0.717, 1.165) is 49.4 Å². The van der Waals surface area contributed by atoms with Crippen molar-refractivity contribution in [2.24, 2.45) is 11.3 Å². The Balaban J connectivity index is 1.48. The summed E-state index contributed by atoms with van der Waals surface area (Å²) in [5.41, 5.74) is 2.48. The Labute approximate surface area is 234 Å². The predicted octanol–water partition coefficient (Wildman–Crippen LogP) is 8.05. The Morgan fingerprint density at radius 2 is 1.88 bits per heavy atom. The van der Waals surface area contributed by atoms with Crippen LogP contribution in [-0.4, -0.2) is 23.2 Å². The molecule has 1 aromatic heterocycles. The number of hydrogen-bond acceptors (Lipinski definition) is 4. The van der Waals surface area contributed by atoms with Crippen LogP contribution in [0.2, 0.25) is 0 Å². The van der Waals surface area contributed by atoms with Crippen molar-refractivity contribution >= 4 is 5.97 Å². The van der Waals surface area contributed by atoms with E-state index in [1.54, 1.807) is 0 Å². The second-order valence-corrected chi connectivity index (χ2v) is 12.2. The highest BCUT2D eigenvalue weighted by molar-refractivity contribution is 5.71. The zero-order valence-corrected chi connectivity index (χ0v) is 23.6. The molecule has 0 radical (unpaired) electrons. The normalized spacial score (nSPS) is 19.7. The number of halogens is 2. The van der Waals surface area contributed by atoms with Gasteiger partial charge in [0, 0.05) is 22.6 Å². The van der Waals surface area contributed by atoms with E-state index in [2.05, 4.69) is 18.8 Å². The lowest BCUT2D eigenvalue weighted by Crippen LogP contribution is -2.28. The number of aromatic nitrogens is 1. The molecule has 0 bridgehead atoms. The second-order valence-electron chi connectivity index (χ2n) is 12.2. The van der Waals surface area contributed by atoms with Gasteiger partial charge in [-0.25, -0.2) is 13.8 Å². The number of hydrogen-bond donors (Lipinski definition) is 1. The van der Waals surface area contributed by atoms with E-state index >= 15 is 8.78 Å². The van der Waals surface area contributed by atoms with E-state index in [4.69, 9.17) is 9.47 Å². The first-order valence-corrected chi connectivity index (χ1v) is 14.0. The number of benzene rings is 2. The monoisotopic (exact) mass is 549 g/mol. The van der Waals surface area contributed by atoms with Gasteiger partial charge in [0.2, 0.25) is 5.88 Å². The van der Waals surface area contributed by atoms with Crippen molar-refractivity contribution in [2.45, 2.75) is 77.2 Å². The number of methoxy groups -OCH3 is 1. The van der Waals surface area contributed by atoms with E-state index in [1.165, 1.54) is 19.2 Å². The van der Waals surface area contributed by atoms with Gasteiger partial charge in [-0.1, -0.05) is 39.3 Å². The van der Waals surface area contributed by atoms with Crippen molar-refractivity contribution in [1.29, 1.82) is 0 Å². The van der Waals surface area contributed by atoms with Gasteiger partial charge in [0.15, 0.2) is 0 Å². The van der Waals surface area contributed by atoms with E-state index in [-0.39, 0.29) is 35.8 Å². The second kappa shape index (κ2) is 10.8. The van der Waals surface area contributed by atoms with E-state index in [0.29, 0.717) is 22.8 Å². The summed E-state index contributed by atoms with van der Waals surface area (Å²) in [6.45, 7) is 6.41.